The Bertz CT molecular complexity index is 417. The summed E-state index contributed by atoms with van der Waals surface area (Å²) in [5.74, 6) is 2.15. The van der Waals surface area contributed by atoms with E-state index in [4.69, 9.17) is 4.42 Å². The molecule has 2 aliphatic rings. The van der Waals surface area contributed by atoms with Gasteiger partial charge in [-0.3, -0.25) is 9.80 Å². The monoisotopic (exact) mass is 277 g/mol. The van der Waals surface area contributed by atoms with Gasteiger partial charge >= 0.3 is 0 Å². The van der Waals surface area contributed by atoms with Crippen molar-refractivity contribution in [2.45, 2.75) is 51.9 Å². The summed E-state index contributed by atoms with van der Waals surface area (Å²) in [6, 6.07) is 5.64. The molecule has 0 aromatic carbocycles. The van der Waals surface area contributed by atoms with Crippen LogP contribution in [0.15, 0.2) is 16.5 Å². The summed E-state index contributed by atoms with van der Waals surface area (Å²) in [6.07, 6.45) is 2.84. The van der Waals surface area contributed by atoms with Crippen molar-refractivity contribution in [3.63, 3.8) is 0 Å². The van der Waals surface area contributed by atoms with Gasteiger partial charge in [-0.25, -0.2) is 0 Å². The van der Waals surface area contributed by atoms with Gasteiger partial charge in [-0.1, -0.05) is 13.8 Å². The highest BCUT2D eigenvalue weighted by atomic mass is 16.3. The molecular formula is C16H27N3O. The smallest absolute Gasteiger partial charge is 0.118 e. The molecule has 0 atom stereocenters. The SMILES string of the molecule is CC(C)NCc1ccc(CN2CCN(C3CC3)CC2)o1. The molecule has 3 rings (SSSR count). The maximum absolute atomic E-state index is 5.91. The van der Waals surface area contributed by atoms with Crippen molar-refractivity contribution in [1.82, 2.24) is 15.1 Å². The summed E-state index contributed by atoms with van der Waals surface area (Å²) >= 11 is 0. The lowest BCUT2D eigenvalue weighted by Crippen LogP contribution is -2.46. The number of rotatable bonds is 6. The predicted octanol–water partition coefficient (Wildman–Crippen LogP) is 2.06. The molecule has 2 heterocycles. The minimum atomic E-state index is 0.499. The Morgan fingerprint density at radius 1 is 1.15 bits per heavy atom. The fourth-order valence-corrected chi connectivity index (χ4v) is 2.85. The van der Waals surface area contributed by atoms with E-state index in [1.807, 2.05) is 0 Å². The van der Waals surface area contributed by atoms with Crippen LogP contribution in [0.25, 0.3) is 0 Å². The van der Waals surface area contributed by atoms with Gasteiger partial charge < -0.3 is 9.73 Å². The van der Waals surface area contributed by atoms with E-state index in [-0.39, 0.29) is 0 Å². The van der Waals surface area contributed by atoms with Crippen LogP contribution < -0.4 is 5.32 Å². The van der Waals surface area contributed by atoms with Crippen molar-refractivity contribution in [1.29, 1.82) is 0 Å². The third-order valence-electron chi connectivity index (χ3n) is 4.25. The van der Waals surface area contributed by atoms with Crippen LogP contribution in [0.1, 0.15) is 38.2 Å². The lowest BCUT2D eigenvalue weighted by Gasteiger charge is -2.34. The summed E-state index contributed by atoms with van der Waals surface area (Å²) in [4.78, 5) is 5.16. The Hall–Kier alpha value is -0.840. The minimum absolute atomic E-state index is 0.499. The topological polar surface area (TPSA) is 31.6 Å². The summed E-state index contributed by atoms with van der Waals surface area (Å²) in [6.45, 7) is 10.9. The third-order valence-corrected chi connectivity index (χ3v) is 4.25. The molecule has 1 saturated heterocycles. The molecule has 4 nitrogen and oxygen atoms in total. The first-order chi connectivity index (χ1) is 9.70. The zero-order chi connectivity index (χ0) is 13.9. The molecule has 1 N–H and O–H groups in total. The van der Waals surface area contributed by atoms with Gasteiger partial charge in [0.05, 0.1) is 13.1 Å². The van der Waals surface area contributed by atoms with Crippen LogP contribution in [0.5, 0.6) is 0 Å². The normalized spacial score (nSPS) is 21.8. The van der Waals surface area contributed by atoms with E-state index < -0.39 is 0 Å². The van der Waals surface area contributed by atoms with Gasteiger partial charge in [0.15, 0.2) is 0 Å². The molecule has 0 radical (unpaired) electrons. The fraction of sp³-hybridized carbons (Fsp3) is 0.750. The number of nitrogens with zero attached hydrogens (tertiary/aromatic N) is 2. The van der Waals surface area contributed by atoms with E-state index in [0.717, 1.165) is 30.7 Å². The zero-order valence-corrected chi connectivity index (χ0v) is 12.8. The molecule has 0 unspecified atom stereocenters. The van der Waals surface area contributed by atoms with E-state index in [0.29, 0.717) is 6.04 Å². The van der Waals surface area contributed by atoms with Crippen molar-refractivity contribution in [2.75, 3.05) is 26.2 Å². The molecule has 1 aromatic heterocycles. The van der Waals surface area contributed by atoms with Crippen LogP contribution in [-0.4, -0.2) is 48.1 Å². The number of nitrogens with one attached hydrogen (secondary N) is 1. The van der Waals surface area contributed by atoms with Crippen molar-refractivity contribution >= 4 is 0 Å². The highest BCUT2D eigenvalue weighted by Crippen LogP contribution is 2.27. The zero-order valence-electron chi connectivity index (χ0n) is 12.8. The van der Waals surface area contributed by atoms with E-state index in [1.54, 1.807) is 0 Å². The van der Waals surface area contributed by atoms with Crippen LogP contribution in [0, 0.1) is 0 Å². The second kappa shape index (κ2) is 6.29. The Kier molecular flexibility index (Phi) is 4.44. The Balaban J connectivity index is 1.43. The molecule has 0 spiro atoms. The molecule has 0 amide bonds. The first-order valence-electron chi connectivity index (χ1n) is 7.98. The molecule has 20 heavy (non-hydrogen) atoms. The second-order valence-electron chi connectivity index (χ2n) is 6.45. The number of hydrogen-bond acceptors (Lipinski definition) is 4. The highest BCUT2D eigenvalue weighted by molar-refractivity contribution is 5.07. The lowest BCUT2D eigenvalue weighted by molar-refractivity contribution is 0.115. The van der Waals surface area contributed by atoms with Gasteiger partial charge in [-0.05, 0) is 25.0 Å². The van der Waals surface area contributed by atoms with E-state index in [9.17, 15) is 0 Å². The molecule has 0 bridgehead atoms. The average Bonchev–Trinajstić information content (AvgIpc) is 3.19. The van der Waals surface area contributed by atoms with Crippen molar-refractivity contribution in [2.24, 2.45) is 0 Å². The second-order valence-corrected chi connectivity index (χ2v) is 6.45. The third kappa shape index (κ3) is 3.84. The summed E-state index contributed by atoms with van der Waals surface area (Å²) in [5, 5.41) is 3.39. The standard InChI is InChI=1S/C16H27N3O/c1-13(2)17-11-15-5-6-16(20-15)12-18-7-9-19(10-8-18)14-3-4-14/h5-6,13-14,17H,3-4,7-12H2,1-2H3. The Labute approximate surface area is 122 Å². The summed E-state index contributed by atoms with van der Waals surface area (Å²) in [7, 11) is 0. The maximum Gasteiger partial charge on any atom is 0.118 e. The van der Waals surface area contributed by atoms with Crippen molar-refractivity contribution < 1.29 is 4.42 Å². The van der Waals surface area contributed by atoms with Crippen LogP contribution in [-0.2, 0) is 13.1 Å². The molecular weight excluding hydrogens is 250 g/mol. The van der Waals surface area contributed by atoms with E-state index in [1.165, 1.54) is 39.0 Å². The summed E-state index contributed by atoms with van der Waals surface area (Å²) < 4.78 is 5.91. The first-order valence-corrected chi connectivity index (χ1v) is 7.98. The summed E-state index contributed by atoms with van der Waals surface area (Å²) in [5.41, 5.74) is 0. The fourth-order valence-electron chi connectivity index (χ4n) is 2.85. The number of piperazine rings is 1. The molecule has 4 heteroatoms. The van der Waals surface area contributed by atoms with Gasteiger partial charge in [0.1, 0.15) is 11.5 Å². The lowest BCUT2D eigenvalue weighted by atomic mass is 10.3. The first kappa shape index (κ1) is 14.1. The molecule has 1 aliphatic heterocycles. The Morgan fingerprint density at radius 3 is 2.50 bits per heavy atom. The van der Waals surface area contributed by atoms with Gasteiger partial charge in [0.25, 0.3) is 0 Å². The quantitative estimate of drug-likeness (QED) is 0.862. The molecule has 1 aromatic rings. The molecule has 2 fully saturated rings. The highest BCUT2D eigenvalue weighted by Gasteiger charge is 2.31. The largest absolute Gasteiger partial charge is 0.463 e. The average molecular weight is 277 g/mol. The van der Waals surface area contributed by atoms with E-state index >= 15 is 0 Å². The van der Waals surface area contributed by atoms with Gasteiger partial charge in [0.2, 0.25) is 0 Å². The predicted molar refractivity (Wildman–Crippen MR) is 80.6 cm³/mol. The molecule has 1 aliphatic carbocycles. The van der Waals surface area contributed by atoms with Gasteiger partial charge in [-0.15, -0.1) is 0 Å². The van der Waals surface area contributed by atoms with Crippen LogP contribution >= 0.6 is 0 Å². The maximum atomic E-state index is 5.91. The van der Waals surface area contributed by atoms with Crippen LogP contribution in [0.4, 0.5) is 0 Å². The van der Waals surface area contributed by atoms with Crippen molar-refractivity contribution in [3.05, 3.63) is 23.7 Å². The Morgan fingerprint density at radius 2 is 1.85 bits per heavy atom. The number of hydrogen-bond donors (Lipinski definition) is 1. The molecule has 1 saturated carbocycles. The van der Waals surface area contributed by atoms with Gasteiger partial charge in [0, 0.05) is 38.3 Å². The van der Waals surface area contributed by atoms with Gasteiger partial charge in [-0.2, -0.15) is 0 Å². The minimum Gasteiger partial charge on any atom is -0.463 e. The van der Waals surface area contributed by atoms with Crippen LogP contribution in [0.3, 0.4) is 0 Å². The van der Waals surface area contributed by atoms with Crippen molar-refractivity contribution in [3.8, 4) is 0 Å². The van der Waals surface area contributed by atoms with E-state index in [2.05, 4.69) is 41.1 Å². The van der Waals surface area contributed by atoms with Crippen LogP contribution in [0.2, 0.25) is 0 Å². The molecule has 112 valence electrons. The number of furan rings is 1.